The molecule has 5 aliphatic heterocycles. The van der Waals surface area contributed by atoms with E-state index in [1.807, 2.05) is 231 Å². The molecule has 0 saturated carbocycles. The summed E-state index contributed by atoms with van der Waals surface area (Å²) in [5, 5.41) is 96.0. The number of benzene rings is 10. The van der Waals surface area contributed by atoms with Crippen LogP contribution in [0.25, 0.3) is 179 Å². The number of unbranched alkanes of at least 4 members (excludes halogenated alkanes) is 8. The third-order valence-corrected chi connectivity index (χ3v) is 21.6. The predicted molar refractivity (Wildman–Crippen MR) is 578 cm³/mol. The molecule has 0 spiro atoms. The van der Waals surface area contributed by atoms with Gasteiger partial charge in [-0.1, -0.05) is 337 Å². The molecule has 0 amide bonds. The summed E-state index contributed by atoms with van der Waals surface area (Å²) in [4.78, 5) is 82.4. The molecule has 0 fully saturated rings. The van der Waals surface area contributed by atoms with Gasteiger partial charge < -0.3 is 121 Å². The van der Waals surface area contributed by atoms with Gasteiger partial charge in [-0.3, -0.25) is 5.41 Å². The molecule has 0 atom stereocenters. The molecular formula is C114H129N21O10Ti4-6. The Balaban J connectivity index is 0.000000388. The number of aliphatic imine (C=N–C) groups is 1. The van der Waals surface area contributed by atoms with Crippen LogP contribution in [0.4, 0.5) is 0 Å². The molecule has 11 N–H and O–H groups in total. The Morgan fingerprint density at radius 2 is 0.389 bits per heavy atom. The Morgan fingerprint density at radius 1 is 0.248 bits per heavy atom. The number of hydrogen-bond donors (Lipinski definition) is 10. The minimum absolute atomic E-state index is 0. The standard InChI is InChI=1S/2C32H16N8.C8H7N3.C8H4N2.8C4H10O.2CH3.2O.4Ti/c2*1-2-10-18-17(9-1)25-33-26(18)38-28-21-13-5-6-14-22(21)30(35-28)40-32-24-16-8-7-15-23(24)31(36-32)39-29-20-12-4-3-11-19(20)27(34-29)37-25;9-7-5-3-1-2-4-6(5)8(10)11-7;9-5-7-3-1-2-4-8(7)6-10;8*1-2-3-4-5;;;;;;;;/h2*1-16H;1-4H,(H3,9,10,11);1-4H;8*5H,2-4H2,1H3;2*1H3;;;;;;/q2*-2;;;;;;;;;;;2*-1;;;;;;. The number of fused-ring (bicyclic) bond motifs is 41. The molecular weight excluding hydrogens is 2010 g/mol. The van der Waals surface area contributed by atoms with Crippen molar-refractivity contribution < 1.29 is 132 Å². The molecule has 10 aromatic carbocycles. The molecule has 0 unspecified atom stereocenters. The van der Waals surface area contributed by atoms with Crippen molar-refractivity contribution in [3.63, 3.8) is 0 Å². The van der Waals surface area contributed by atoms with Crippen molar-refractivity contribution in [2.24, 2.45) is 10.7 Å². The van der Waals surface area contributed by atoms with E-state index >= 15 is 0 Å². The van der Waals surface area contributed by atoms with Gasteiger partial charge >= 0.3 is 47.5 Å². The summed E-state index contributed by atoms with van der Waals surface area (Å²) in [6, 6.07) is 81.7. The Hall–Kier alpha value is -12.8. The maximum atomic E-state index is 8.45. The molecule has 11 heterocycles. The third kappa shape index (κ3) is 36.2. The summed E-state index contributed by atoms with van der Waals surface area (Å²) in [7, 11) is 0. The van der Waals surface area contributed by atoms with Crippen molar-refractivity contribution in [2.75, 3.05) is 52.9 Å². The smallest absolute Gasteiger partial charge is 0.0927 e. The second-order valence-corrected chi connectivity index (χ2v) is 32.1. The predicted octanol–water partition coefficient (Wildman–Crippen LogP) is 21.3. The molecule has 5 aliphatic rings. The third-order valence-electron chi connectivity index (χ3n) is 21.6. The van der Waals surface area contributed by atoms with Gasteiger partial charge in [0.2, 0.25) is 0 Å². The SMILES string of the molecule is CCCCO.CCCCO.CCCCO.CCCCO.CCCCO.CCCCO.CCCCO.CCCCO.N#Cc1ccccc1C#N.N=C1N=C(N)c2ccccc21.[CH3-].[CH3-].[O]=[Ti].[O]=[Ti].[Ti].[Ti].c1ccc2c(c1)-c1nc-2nc2[n-]c(nc3nc(nc4[n-]c(n1)c1ccccc41)-c1ccccc1-3)c1ccccc21.c1ccc2c(c1)-c1nc-2nc2[n-]c(nc3nc(nc4[n-]c(n1)c1ccccc41)-c1ccccc1-3)c1ccccc21. The number of nitrogens with zero attached hydrogens (tertiary/aromatic N) is 19. The number of amidine groups is 2. The molecule has 0 aliphatic carbocycles. The fourth-order valence-corrected chi connectivity index (χ4v) is 14.0. The van der Waals surface area contributed by atoms with Crippen LogP contribution in [0, 0.1) is 42.9 Å². The van der Waals surface area contributed by atoms with Crippen LogP contribution in [0.3, 0.4) is 0 Å². The van der Waals surface area contributed by atoms with E-state index in [0.717, 1.165) is 242 Å². The second-order valence-electron chi connectivity index (χ2n) is 32.1. The van der Waals surface area contributed by atoms with Gasteiger partial charge in [-0.15, -0.1) is 0 Å². The van der Waals surface area contributed by atoms with Gasteiger partial charge in [0.1, 0.15) is 18.0 Å². The molecule has 0 saturated heterocycles. The zero-order valence-electron chi connectivity index (χ0n) is 86.0. The summed E-state index contributed by atoms with van der Waals surface area (Å²) >= 11 is 1.50. The summed E-state index contributed by atoms with van der Waals surface area (Å²) in [6.07, 6.45) is 16.3. The van der Waals surface area contributed by atoms with E-state index in [4.69, 9.17) is 149 Å². The monoisotopic (exact) mass is 2140 g/mol. The van der Waals surface area contributed by atoms with Crippen molar-refractivity contribution in [1.82, 2.24) is 79.7 Å². The molecule has 21 rings (SSSR count). The first-order valence-corrected chi connectivity index (χ1v) is 49.7. The number of nitriles is 2. The van der Waals surface area contributed by atoms with Crippen molar-refractivity contribution in [2.45, 2.75) is 158 Å². The Labute approximate surface area is 924 Å². The van der Waals surface area contributed by atoms with Crippen LogP contribution in [-0.4, -0.2) is 165 Å². The van der Waals surface area contributed by atoms with Crippen molar-refractivity contribution >= 4 is 99.9 Å². The van der Waals surface area contributed by atoms with Crippen LogP contribution in [0.2, 0.25) is 0 Å². The number of aliphatic hydroxyl groups excluding tert-OH is 8. The maximum absolute atomic E-state index is 8.45. The zero-order valence-corrected chi connectivity index (χ0v) is 92.3. The van der Waals surface area contributed by atoms with Crippen LogP contribution < -0.4 is 25.7 Å². The molecule has 0 radical (unpaired) electrons. The Bertz CT molecular complexity index is 6220. The van der Waals surface area contributed by atoms with Crippen molar-refractivity contribution in [3.05, 3.63) is 280 Å². The van der Waals surface area contributed by atoms with E-state index in [2.05, 4.69) is 60.4 Å². The number of aliphatic hydroxyl groups is 8. The van der Waals surface area contributed by atoms with Gasteiger partial charge in [-0.2, -0.15) is 10.5 Å². The quantitative estimate of drug-likeness (QED) is 0.0317. The van der Waals surface area contributed by atoms with Gasteiger partial charge in [0.15, 0.2) is 5.84 Å². The van der Waals surface area contributed by atoms with E-state index in [9.17, 15) is 0 Å². The average Bonchev–Trinajstić information content (AvgIpc) is 1.60. The number of aromatic nitrogens is 16. The molecule has 149 heavy (non-hydrogen) atoms. The topological polar surface area (TPSA) is 517 Å². The van der Waals surface area contributed by atoms with Crippen LogP contribution >= 0.6 is 0 Å². The number of nitrogens with two attached hydrogens (primary N) is 1. The van der Waals surface area contributed by atoms with Crippen LogP contribution in [-0.2, 0) is 90.9 Å². The first-order valence-electron chi connectivity index (χ1n) is 48.5. The molecule has 6 aromatic heterocycles. The van der Waals surface area contributed by atoms with Gasteiger partial charge in [-0.05, 0) is 107 Å². The number of nitrogens with one attached hydrogen (secondary N) is 1. The minimum Gasteiger partial charge on any atom is -0.357 e. The number of hydrogen-bond acceptors (Lipinski definition) is 26. The normalized spacial score (nSPS) is 10.3. The molecule has 35 heteroatoms. The first-order chi connectivity index (χ1) is 71.1. The fourth-order valence-electron chi connectivity index (χ4n) is 14.0. The average molecular weight is 2140 g/mol. The van der Waals surface area contributed by atoms with Gasteiger partial charge in [-0.25, -0.2) is 24.9 Å². The fraction of sp³-hybridized carbons (Fsp3) is 0.281. The van der Waals surface area contributed by atoms with Crippen LogP contribution in [0.5, 0.6) is 0 Å². The van der Waals surface area contributed by atoms with Gasteiger partial charge in [0.25, 0.3) is 0 Å². The largest absolute Gasteiger partial charge is 0.357 e. The molecule has 772 valence electrons. The molecule has 16 aromatic rings. The summed E-state index contributed by atoms with van der Waals surface area (Å²) in [6.45, 7) is 19.2. The van der Waals surface area contributed by atoms with Gasteiger partial charge in [0.05, 0.1) is 57.7 Å². The van der Waals surface area contributed by atoms with E-state index in [-0.39, 0.29) is 64.1 Å². The number of rotatable bonds is 16. The first kappa shape index (κ1) is 128. The van der Waals surface area contributed by atoms with E-state index in [0.29, 0.717) is 162 Å². The Kier molecular flexibility index (Phi) is 61.9. The second kappa shape index (κ2) is 71.7. The van der Waals surface area contributed by atoms with Crippen molar-refractivity contribution in [3.8, 4) is 103 Å². The molecule has 16 bridgehead atoms. The summed E-state index contributed by atoms with van der Waals surface area (Å²) < 4.78 is 16.5. The van der Waals surface area contributed by atoms with Crippen LogP contribution in [0.15, 0.2) is 248 Å². The van der Waals surface area contributed by atoms with Crippen LogP contribution in [0.1, 0.15) is 180 Å². The minimum atomic E-state index is 0. The molecule has 31 nitrogen and oxygen atoms in total. The van der Waals surface area contributed by atoms with Gasteiger partial charge in [0, 0.05) is 197 Å². The van der Waals surface area contributed by atoms with E-state index in [1.54, 1.807) is 24.3 Å². The zero-order chi connectivity index (χ0) is 105. The maximum Gasteiger partial charge on any atom is 0.0927 e. The van der Waals surface area contributed by atoms with Crippen molar-refractivity contribution in [1.29, 1.82) is 15.9 Å². The summed E-state index contributed by atoms with van der Waals surface area (Å²) in [5.74, 6) is 5.13. The Morgan fingerprint density at radius 3 is 0.523 bits per heavy atom. The van der Waals surface area contributed by atoms with E-state index < -0.39 is 0 Å². The van der Waals surface area contributed by atoms with E-state index in [1.165, 1.54) is 0 Å². The summed E-state index contributed by atoms with van der Waals surface area (Å²) in [5.41, 5.74) is 19.7.